The van der Waals surface area contributed by atoms with Crippen molar-refractivity contribution in [2.75, 3.05) is 11.9 Å². The van der Waals surface area contributed by atoms with Gasteiger partial charge in [-0.25, -0.2) is 0 Å². The van der Waals surface area contributed by atoms with Crippen LogP contribution in [-0.2, 0) is 15.0 Å². The van der Waals surface area contributed by atoms with E-state index >= 15 is 0 Å². The molecule has 4 nitrogen and oxygen atoms in total. The number of likely N-dealkylation sites (tertiary alicyclic amines) is 1. The molecule has 2 aliphatic rings. The summed E-state index contributed by atoms with van der Waals surface area (Å²) in [5, 5.41) is 3.04. The number of rotatable bonds is 4. The summed E-state index contributed by atoms with van der Waals surface area (Å²) < 4.78 is 0. The monoisotopic (exact) mass is 314 g/mol. The molecule has 3 rings (SSSR count). The molecule has 4 heteroatoms. The number of nitrogens with one attached hydrogen (secondary N) is 1. The lowest BCUT2D eigenvalue weighted by molar-refractivity contribution is -0.134. The normalized spacial score (nSPS) is 26.0. The number of para-hydroxylation sites is 1. The Bertz CT molecular complexity index is 626. The lowest BCUT2D eigenvalue weighted by Crippen LogP contribution is -2.48. The van der Waals surface area contributed by atoms with Crippen LogP contribution in [0.1, 0.15) is 52.0 Å². The number of anilines is 1. The molecule has 2 amide bonds. The molecule has 0 unspecified atom stereocenters. The van der Waals surface area contributed by atoms with Gasteiger partial charge in [-0.1, -0.05) is 45.4 Å². The van der Waals surface area contributed by atoms with Crippen LogP contribution in [-0.4, -0.2) is 29.3 Å². The van der Waals surface area contributed by atoms with E-state index < -0.39 is 5.41 Å². The van der Waals surface area contributed by atoms with E-state index in [2.05, 4.69) is 26.1 Å². The molecular formula is C19H26N2O2. The molecule has 0 radical (unpaired) electrons. The zero-order chi connectivity index (χ0) is 16.6. The van der Waals surface area contributed by atoms with Gasteiger partial charge >= 0.3 is 0 Å². The average molecular weight is 314 g/mol. The Labute approximate surface area is 138 Å². The fourth-order valence-corrected chi connectivity index (χ4v) is 4.24. The van der Waals surface area contributed by atoms with Gasteiger partial charge in [-0.15, -0.1) is 0 Å². The van der Waals surface area contributed by atoms with Crippen LogP contribution in [0.2, 0.25) is 0 Å². The molecule has 23 heavy (non-hydrogen) atoms. The predicted octanol–water partition coefficient (Wildman–Crippen LogP) is 3.32. The highest BCUT2D eigenvalue weighted by atomic mass is 16.2. The number of benzene rings is 1. The standard InChI is InChI=1S/C19H26N2O2/c1-4-7-16-19(10-11-21(16)17(22)12-13(2)3)14-8-5-6-9-15(14)20-18(19)23/h5-6,8-9,13,16H,4,7,10-12H2,1-3H3,(H,20,23)/t16-,19+/m0/s1. The summed E-state index contributed by atoms with van der Waals surface area (Å²) in [6, 6.07) is 7.92. The van der Waals surface area contributed by atoms with Crippen LogP contribution >= 0.6 is 0 Å². The SMILES string of the molecule is CCC[C@@H]1N(C(=O)CC(C)C)CC[C@]12C(=O)Nc1ccccc12. The van der Waals surface area contributed by atoms with Gasteiger partial charge in [0.15, 0.2) is 0 Å². The van der Waals surface area contributed by atoms with Gasteiger partial charge < -0.3 is 10.2 Å². The highest BCUT2D eigenvalue weighted by Gasteiger charge is 2.58. The Morgan fingerprint density at radius 3 is 2.83 bits per heavy atom. The maximum absolute atomic E-state index is 12.9. The fourth-order valence-electron chi connectivity index (χ4n) is 4.24. The molecule has 1 fully saturated rings. The number of carbonyl (C=O) groups is 2. The molecular weight excluding hydrogens is 288 g/mol. The van der Waals surface area contributed by atoms with Crippen LogP contribution in [0.15, 0.2) is 24.3 Å². The van der Waals surface area contributed by atoms with Crippen molar-refractivity contribution in [3.05, 3.63) is 29.8 Å². The zero-order valence-corrected chi connectivity index (χ0v) is 14.3. The first-order valence-electron chi connectivity index (χ1n) is 8.71. The summed E-state index contributed by atoms with van der Waals surface area (Å²) in [4.78, 5) is 27.6. The van der Waals surface area contributed by atoms with Gasteiger partial charge in [-0.3, -0.25) is 9.59 Å². The van der Waals surface area contributed by atoms with Crippen LogP contribution in [0.3, 0.4) is 0 Å². The molecule has 1 spiro atoms. The number of amides is 2. The van der Waals surface area contributed by atoms with Crippen molar-refractivity contribution in [2.24, 2.45) is 5.92 Å². The number of nitrogens with zero attached hydrogens (tertiary/aromatic N) is 1. The summed E-state index contributed by atoms with van der Waals surface area (Å²) in [6.07, 6.45) is 3.11. The zero-order valence-electron chi connectivity index (χ0n) is 14.3. The number of fused-ring (bicyclic) bond motifs is 2. The maximum atomic E-state index is 12.9. The van der Waals surface area contributed by atoms with E-state index in [1.165, 1.54) is 0 Å². The Kier molecular flexibility index (Phi) is 4.17. The van der Waals surface area contributed by atoms with Gasteiger partial charge in [-0.05, 0) is 30.4 Å². The minimum Gasteiger partial charge on any atom is -0.338 e. The minimum atomic E-state index is -0.556. The highest BCUT2D eigenvalue weighted by molar-refractivity contribution is 6.07. The van der Waals surface area contributed by atoms with E-state index in [0.717, 1.165) is 30.5 Å². The molecule has 1 aromatic carbocycles. The van der Waals surface area contributed by atoms with Crippen LogP contribution in [0.4, 0.5) is 5.69 Å². The molecule has 1 saturated heterocycles. The van der Waals surface area contributed by atoms with Gasteiger partial charge in [0.2, 0.25) is 11.8 Å². The van der Waals surface area contributed by atoms with Gasteiger partial charge in [0.05, 0.1) is 11.5 Å². The summed E-state index contributed by atoms with van der Waals surface area (Å²) in [6.45, 7) is 6.93. The second-order valence-corrected chi connectivity index (χ2v) is 7.21. The topological polar surface area (TPSA) is 49.4 Å². The van der Waals surface area contributed by atoms with Crippen molar-refractivity contribution in [3.63, 3.8) is 0 Å². The van der Waals surface area contributed by atoms with Crippen molar-refractivity contribution in [1.29, 1.82) is 0 Å². The third-order valence-corrected chi connectivity index (χ3v) is 5.22. The molecule has 2 heterocycles. The Morgan fingerprint density at radius 2 is 2.13 bits per heavy atom. The average Bonchev–Trinajstić information content (AvgIpc) is 3.00. The molecule has 1 aromatic rings. The molecule has 0 aromatic heterocycles. The van der Waals surface area contributed by atoms with Gasteiger partial charge in [0, 0.05) is 18.7 Å². The molecule has 0 aliphatic carbocycles. The van der Waals surface area contributed by atoms with E-state index in [-0.39, 0.29) is 17.9 Å². The smallest absolute Gasteiger partial charge is 0.237 e. The van der Waals surface area contributed by atoms with E-state index in [1.807, 2.05) is 29.2 Å². The predicted molar refractivity (Wildman–Crippen MR) is 91.2 cm³/mol. The molecule has 2 aliphatic heterocycles. The largest absolute Gasteiger partial charge is 0.338 e. The van der Waals surface area contributed by atoms with Crippen LogP contribution in [0.5, 0.6) is 0 Å². The summed E-state index contributed by atoms with van der Waals surface area (Å²) >= 11 is 0. The Balaban J connectivity index is 1.99. The molecule has 1 N–H and O–H groups in total. The molecule has 124 valence electrons. The van der Waals surface area contributed by atoms with Gasteiger partial charge in [0.25, 0.3) is 0 Å². The number of carbonyl (C=O) groups excluding carboxylic acids is 2. The lowest BCUT2D eigenvalue weighted by atomic mass is 9.73. The van der Waals surface area contributed by atoms with Crippen LogP contribution in [0.25, 0.3) is 0 Å². The van der Waals surface area contributed by atoms with E-state index in [9.17, 15) is 9.59 Å². The Morgan fingerprint density at radius 1 is 1.39 bits per heavy atom. The number of hydrogen-bond donors (Lipinski definition) is 1. The molecule has 0 saturated carbocycles. The van der Waals surface area contributed by atoms with E-state index in [1.54, 1.807) is 0 Å². The first-order chi connectivity index (χ1) is 11.0. The first kappa shape index (κ1) is 16.0. The first-order valence-corrected chi connectivity index (χ1v) is 8.71. The third-order valence-electron chi connectivity index (χ3n) is 5.22. The number of hydrogen-bond acceptors (Lipinski definition) is 2. The van der Waals surface area contributed by atoms with E-state index in [4.69, 9.17) is 0 Å². The van der Waals surface area contributed by atoms with E-state index in [0.29, 0.717) is 18.9 Å². The third kappa shape index (κ3) is 2.44. The van der Waals surface area contributed by atoms with Crippen molar-refractivity contribution < 1.29 is 9.59 Å². The fraction of sp³-hybridized carbons (Fsp3) is 0.579. The molecule has 0 bridgehead atoms. The quantitative estimate of drug-likeness (QED) is 0.927. The van der Waals surface area contributed by atoms with Crippen LogP contribution < -0.4 is 5.32 Å². The van der Waals surface area contributed by atoms with Gasteiger partial charge in [0.1, 0.15) is 0 Å². The lowest BCUT2D eigenvalue weighted by Gasteiger charge is -2.34. The summed E-state index contributed by atoms with van der Waals surface area (Å²) in [7, 11) is 0. The minimum absolute atomic E-state index is 0.0256. The van der Waals surface area contributed by atoms with Crippen LogP contribution in [0, 0.1) is 5.92 Å². The van der Waals surface area contributed by atoms with Crippen molar-refractivity contribution in [1.82, 2.24) is 4.90 Å². The highest BCUT2D eigenvalue weighted by Crippen LogP contribution is 2.49. The Hall–Kier alpha value is -1.84. The van der Waals surface area contributed by atoms with Crippen molar-refractivity contribution in [3.8, 4) is 0 Å². The molecule has 2 atom stereocenters. The maximum Gasteiger partial charge on any atom is 0.237 e. The second kappa shape index (κ2) is 5.99. The van der Waals surface area contributed by atoms with Gasteiger partial charge in [-0.2, -0.15) is 0 Å². The van der Waals surface area contributed by atoms with Crippen molar-refractivity contribution in [2.45, 2.75) is 57.9 Å². The van der Waals surface area contributed by atoms with Crippen molar-refractivity contribution >= 4 is 17.5 Å². The summed E-state index contributed by atoms with van der Waals surface area (Å²) in [5.41, 5.74) is 1.43. The summed E-state index contributed by atoms with van der Waals surface area (Å²) in [5.74, 6) is 0.593. The second-order valence-electron chi connectivity index (χ2n) is 7.21.